The molecule has 12 aromatic carbocycles. The highest BCUT2D eigenvalue weighted by Crippen LogP contribution is 2.73. The Hall–Kier alpha value is -9.76. The summed E-state index contributed by atoms with van der Waals surface area (Å²) in [6.45, 7) is 0. The highest BCUT2D eigenvalue weighted by molar-refractivity contribution is 6.14. The summed E-state index contributed by atoms with van der Waals surface area (Å²) >= 11 is 0. The van der Waals surface area contributed by atoms with E-state index in [4.69, 9.17) is 0 Å². The van der Waals surface area contributed by atoms with E-state index >= 15 is 0 Å². The quantitative estimate of drug-likeness (QED) is 0.166. The number of fused-ring (bicyclic) bond motifs is 15. The summed E-state index contributed by atoms with van der Waals surface area (Å²) < 4.78 is 4.98. The van der Waals surface area contributed by atoms with Crippen LogP contribution in [0.1, 0.15) is 33.4 Å². The number of para-hydroxylation sites is 2. The van der Waals surface area contributed by atoms with Gasteiger partial charge in [0.05, 0.1) is 38.6 Å². The Balaban J connectivity index is 0.931. The second-order valence-corrected chi connectivity index (χ2v) is 21.0. The maximum Gasteiger partial charge on any atom is 0.0648 e. The van der Waals surface area contributed by atoms with E-state index in [1.807, 2.05) is 0 Å². The zero-order valence-electron chi connectivity index (χ0n) is 41.5. The Labute approximate surface area is 440 Å². The molecule has 0 bridgehead atoms. The summed E-state index contributed by atoms with van der Waals surface area (Å²) in [6.07, 6.45) is 0. The minimum atomic E-state index is -0.640. The average Bonchev–Trinajstić information content (AvgIpc) is 4.15. The minimum Gasteiger partial charge on any atom is -0.309 e. The number of benzene rings is 12. The molecule has 2 heteroatoms. The van der Waals surface area contributed by atoms with Gasteiger partial charge in [-0.3, -0.25) is 0 Å². The normalized spacial score (nSPS) is 16.5. The first-order valence-electron chi connectivity index (χ1n) is 26.6. The van der Waals surface area contributed by atoms with Crippen molar-refractivity contribution in [2.45, 2.75) is 10.8 Å². The third-order valence-electron chi connectivity index (χ3n) is 17.6. The third-order valence-corrected chi connectivity index (χ3v) is 17.6. The fourth-order valence-corrected chi connectivity index (χ4v) is 14.9. The molecular weight excluding hydrogens is 917 g/mol. The lowest BCUT2D eigenvalue weighted by molar-refractivity contribution is 0.405. The van der Waals surface area contributed by atoms with Gasteiger partial charge < -0.3 is 9.13 Å². The molecule has 0 amide bonds. The standard InChI is InChI=1S/C74H46N2/c1-3-20-47(21-4-1)48-38-41-68-59(44-48)60-46-50(39-42-69(60)75(68)51-22-5-2-6-23-51)49-40-43-70-58(45-49)56-28-12-18-36-67(56)76(70)71-37-19-35-66-72(71)57-29-11-17-34-65(57)73-61-30-13-7-24-52(61)54-26-9-15-32-63(54)74(66,73)64-33-16-10-27-55(64)53-25-8-14-31-62(53)73/h1-46H. The van der Waals surface area contributed by atoms with Crippen molar-refractivity contribution in [3.8, 4) is 67.0 Å². The van der Waals surface area contributed by atoms with Crippen molar-refractivity contribution >= 4 is 43.6 Å². The minimum absolute atomic E-state index is 0.599. The van der Waals surface area contributed by atoms with E-state index < -0.39 is 10.8 Å². The van der Waals surface area contributed by atoms with Crippen molar-refractivity contribution in [2.24, 2.45) is 0 Å². The zero-order chi connectivity index (χ0) is 49.7. The molecule has 2 aromatic heterocycles. The van der Waals surface area contributed by atoms with Crippen molar-refractivity contribution in [1.82, 2.24) is 9.13 Å². The lowest BCUT2D eigenvalue weighted by Gasteiger charge is -2.62. The number of nitrogens with zero attached hydrogens (tertiary/aromatic N) is 2. The van der Waals surface area contributed by atoms with Gasteiger partial charge in [-0.15, -0.1) is 0 Å². The van der Waals surface area contributed by atoms with Crippen molar-refractivity contribution in [3.63, 3.8) is 0 Å². The van der Waals surface area contributed by atoms with E-state index in [1.165, 1.54) is 138 Å². The number of rotatable bonds is 4. The van der Waals surface area contributed by atoms with Gasteiger partial charge in [0, 0.05) is 32.8 Å². The molecule has 0 fully saturated rings. The van der Waals surface area contributed by atoms with E-state index in [2.05, 4.69) is 288 Å². The van der Waals surface area contributed by atoms with Gasteiger partial charge in [0.25, 0.3) is 0 Å². The van der Waals surface area contributed by atoms with Crippen LogP contribution in [0.3, 0.4) is 0 Å². The van der Waals surface area contributed by atoms with Crippen LogP contribution in [-0.2, 0) is 10.8 Å². The van der Waals surface area contributed by atoms with Gasteiger partial charge in [-0.05, 0) is 144 Å². The lowest BCUT2D eigenvalue weighted by atomic mass is 9.38. The van der Waals surface area contributed by atoms with Crippen LogP contribution in [0.15, 0.2) is 279 Å². The Bertz CT molecular complexity index is 4670. The van der Waals surface area contributed by atoms with Gasteiger partial charge >= 0.3 is 0 Å². The van der Waals surface area contributed by atoms with Gasteiger partial charge in [0.2, 0.25) is 0 Å². The summed E-state index contributed by atoms with van der Waals surface area (Å²) in [7, 11) is 0. The third kappa shape index (κ3) is 5.20. The Morgan fingerprint density at radius 1 is 0.224 bits per heavy atom. The van der Waals surface area contributed by atoms with Crippen LogP contribution in [0.2, 0.25) is 0 Å². The van der Waals surface area contributed by atoms with Crippen LogP contribution < -0.4 is 0 Å². The Morgan fingerprint density at radius 2 is 0.592 bits per heavy atom. The Kier molecular flexibility index (Phi) is 8.44. The SMILES string of the molecule is c1ccc(-c2ccc3c(c2)c2cc(-c4ccc5c(c4)c4ccccc4n5-c4cccc5c4-c4ccccc4C46c7ccccc7-c7ccccc7C54c4ccccc4-c4ccccc46)ccc2n3-c2ccccc2)cc1. The van der Waals surface area contributed by atoms with Crippen LogP contribution in [0.4, 0.5) is 0 Å². The summed E-state index contributed by atoms with van der Waals surface area (Å²) in [5, 5.41) is 4.94. The molecule has 0 saturated carbocycles. The fourth-order valence-electron chi connectivity index (χ4n) is 14.9. The van der Waals surface area contributed by atoms with Gasteiger partial charge in [-0.25, -0.2) is 0 Å². The summed E-state index contributed by atoms with van der Waals surface area (Å²) in [6, 6.07) is 105. The molecule has 3 aliphatic carbocycles. The molecular formula is C74H46N2. The van der Waals surface area contributed by atoms with Crippen molar-refractivity contribution in [1.29, 1.82) is 0 Å². The van der Waals surface area contributed by atoms with E-state index in [9.17, 15) is 0 Å². The molecule has 0 atom stereocenters. The molecule has 0 spiro atoms. The van der Waals surface area contributed by atoms with Gasteiger partial charge in [-0.2, -0.15) is 0 Å². The fraction of sp³-hybridized carbons (Fsp3) is 0.0270. The van der Waals surface area contributed by atoms with Crippen molar-refractivity contribution in [2.75, 3.05) is 0 Å². The number of hydrogen-bond acceptors (Lipinski definition) is 0. The molecule has 0 unspecified atom stereocenters. The first-order chi connectivity index (χ1) is 37.7. The maximum atomic E-state index is 2.57. The molecule has 17 rings (SSSR count). The average molecular weight is 963 g/mol. The van der Waals surface area contributed by atoms with E-state index in [0.717, 1.165) is 5.69 Å². The molecule has 0 aliphatic heterocycles. The van der Waals surface area contributed by atoms with Crippen LogP contribution in [-0.4, -0.2) is 9.13 Å². The molecule has 2 nitrogen and oxygen atoms in total. The highest BCUT2D eigenvalue weighted by atomic mass is 15.0. The number of hydrogen-bond donors (Lipinski definition) is 0. The number of aromatic nitrogens is 2. The van der Waals surface area contributed by atoms with Crippen molar-refractivity contribution in [3.05, 3.63) is 312 Å². The molecule has 3 aliphatic rings. The molecule has 0 N–H and O–H groups in total. The lowest BCUT2D eigenvalue weighted by Crippen LogP contribution is -2.58. The largest absolute Gasteiger partial charge is 0.309 e. The first kappa shape index (κ1) is 41.7. The smallest absolute Gasteiger partial charge is 0.0648 e. The molecule has 76 heavy (non-hydrogen) atoms. The van der Waals surface area contributed by atoms with Gasteiger partial charge in [0.1, 0.15) is 0 Å². The second kappa shape index (κ2) is 15.4. The predicted molar refractivity (Wildman–Crippen MR) is 315 cm³/mol. The van der Waals surface area contributed by atoms with Crippen LogP contribution in [0.25, 0.3) is 111 Å². The van der Waals surface area contributed by atoms with Crippen LogP contribution >= 0.6 is 0 Å². The maximum absolute atomic E-state index is 2.57. The zero-order valence-corrected chi connectivity index (χ0v) is 41.5. The van der Waals surface area contributed by atoms with Crippen LogP contribution in [0.5, 0.6) is 0 Å². The predicted octanol–water partition coefficient (Wildman–Crippen LogP) is 18.5. The summed E-state index contributed by atoms with van der Waals surface area (Å²) in [4.78, 5) is 0. The van der Waals surface area contributed by atoms with Gasteiger partial charge in [0.15, 0.2) is 0 Å². The molecule has 2 heterocycles. The topological polar surface area (TPSA) is 9.86 Å². The second-order valence-electron chi connectivity index (χ2n) is 21.0. The van der Waals surface area contributed by atoms with Crippen molar-refractivity contribution < 1.29 is 0 Å². The first-order valence-corrected chi connectivity index (χ1v) is 26.6. The summed E-state index contributed by atoms with van der Waals surface area (Å²) in [5.74, 6) is 0. The molecule has 0 radical (unpaired) electrons. The van der Waals surface area contributed by atoms with E-state index in [-0.39, 0.29) is 0 Å². The van der Waals surface area contributed by atoms with Gasteiger partial charge in [-0.1, -0.05) is 218 Å². The summed E-state index contributed by atoms with van der Waals surface area (Å²) in [5.41, 5.74) is 26.5. The van der Waals surface area contributed by atoms with E-state index in [0.29, 0.717) is 0 Å². The van der Waals surface area contributed by atoms with E-state index in [1.54, 1.807) is 0 Å². The monoisotopic (exact) mass is 962 g/mol. The highest BCUT2D eigenvalue weighted by Gasteiger charge is 2.67. The molecule has 352 valence electrons. The Morgan fingerprint density at radius 3 is 1.13 bits per heavy atom. The van der Waals surface area contributed by atoms with Crippen LogP contribution in [0, 0.1) is 0 Å². The molecule has 0 saturated heterocycles. The molecule has 14 aromatic rings.